The van der Waals surface area contributed by atoms with Crippen molar-refractivity contribution in [2.45, 2.75) is 20.3 Å². The van der Waals surface area contributed by atoms with Crippen molar-refractivity contribution in [2.75, 3.05) is 23.4 Å². The van der Waals surface area contributed by atoms with Crippen LogP contribution in [0, 0.1) is 19.8 Å². The van der Waals surface area contributed by atoms with E-state index < -0.39 is 17.8 Å². The zero-order chi connectivity index (χ0) is 19.4. The summed E-state index contributed by atoms with van der Waals surface area (Å²) < 4.78 is 5.11. The number of hydrogen-bond acceptors (Lipinski definition) is 4. The maximum atomic E-state index is 12.2. The molecular weight excluding hydrogens is 344 g/mol. The Morgan fingerprint density at radius 3 is 2.26 bits per heavy atom. The molecule has 1 aliphatic heterocycles. The van der Waals surface area contributed by atoms with E-state index in [1.54, 1.807) is 17.0 Å². The first-order chi connectivity index (χ1) is 12.9. The minimum atomic E-state index is -0.564. The fourth-order valence-electron chi connectivity index (χ4n) is 2.93. The minimum Gasteiger partial charge on any atom is -0.455 e. The fourth-order valence-corrected chi connectivity index (χ4v) is 2.93. The number of anilines is 2. The van der Waals surface area contributed by atoms with Gasteiger partial charge >= 0.3 is 5.97 Å². The number of benzene rings is 2. The van der Waals surface area contributed by atoms with Crippen LogP contribution in [0.3, 0.4) is 0 Å². The highest BCUT2D eigenvalue weighted by Crippen LogP contribution is 2.26. The van der Waals surface area contributed by atoms with Crippen LogP contribution in [-0.4, -0.2) is 30.9 Å². The van der Waals surface area contributed by atoms with Gasteiger partial charge in [0.15, 0.2) is 6.61 Å². The van der Waals surface area contributed by atoms with Crippen LogP contribution in [-0.2, 0) is 19.1 Å². The second kappa shape index (κ2) is 8.03. The third-order valence-electron chi connectivity index (χ3n) is 4.48. The lowest BCUT2D eigenvalue weighted by atomic mass is 10.1. The number of carbonyl (C=O) groups is 3. The third-order valence-corrected chi connectivity index (χ3v) is 4.48. The summed E-state index contributed by atoms with van der Waals surface area (Å²) in [5, 5.41) is 2.67. The number of carbonyl (C=O) groups excluding carboxylic acids is 3. The van der Waals surface area contributed by atoms with E-state index in [1.807, 2.05) is 50.2 Å². The van der Waals surface area contributed by atoms with E-state index in [4.69, 9.17) is 4.74 Å². The van der Waals surface area contributed by atoms with Crippen molar-refractivity contribution in [2.24, 2.45) is 5.92 Å². The van der Waals surface area contributed by atoms with Crippen molar-refractivity contribution in [1.29, 1.82) is 0 Å². The van der Waals surface area contributed by atoms with Gasteiger partial charge in [0.2, 0.25) is 5.91 Å². The largest absolute Gasteiger partial charge is 0.455 e. The predicted molar refractivity (Wildman–Crippen MR) is 102 cm³/mol. The van der Waals surface area contributed by atoms with Gasteiger partial charge in [-0.15, -0.1) is 0 Å². The van der Waals surface area contributed by atoms with E-state index in [0.717, 1.165) is 16.8 Å². The van der Waals surface area contributed by atoms with Gasteiger partial charge in [-0.1, -0.05) is 35.4 Å². The predicted octanol–water partition coefficient (Wildman–Crippen LogP) is 2.84. The van der Waals surface area contributed by atoms with Crippen molar-refractivity contribution in [3.05, 3.63) is 59.7 Å². The Balaban J connectivity index is 1.51. The SMILES string of the molecule is Cc1ccc(NC(=O)COC(=O)[C@@H]2CC(=O)N(c3ccc(C)cc3)C2)cc1. The molecular formula is C21H22N2O4. The summed E-state index contributed by atoms with van der Waals surface area (Å²) in [5.41, 5.74) is 3.59. The molecule has 0 aliphatic carbocycles. The molecule has 1 saturated heterocycles. The number of ether oxygens (including phenoxy) is 1. The van der Waals surface area contributed by atoms with Gasteiger partial charge in [0.1, 0.15) is 0 Å². The van der Waals surface area contributed by atoms with Crippen LogP contribution in [0.25, 0.3) is 0 Å². The van der Waals surface area contributed by atoms with Crippen LogP contribution >= 0.6 is 0 Å². The highest BCUT2D eigenvalue weighted by molar-refractivity contribution is 6.00. The summed E-state index contributed by atoms with van der Waals surface area (Å²) in [4.78, 5) is 38.0. The Labute approximate surface area is 158 Å². The molecule has 1 aliphatic rings. The Bertz CT molecular complexity index is 843. The summed E-state index contributed by atoms with van der Waals surface area (Å²) in [6, 6.07) is 14.9. The number of amides is 2. The number of nitrogens with zero attached hydrogens (tertiary/aromatic N) is 1. The Hall–Kier alpha value is -3.15. The first kappa shape index (κ1) is 18.6. The molecule has 1 fully saturated rings. The van der Waals surface area contributed by atoms with Gasteiger partial charge < -0.3 is 15.0 Å². The van der Waals surface area contributed by atoms with Crippen molar-refractivity contribution in [3.63, 3.8) is 0 Å². The summed E-state index contributed by atoms with van der Waals surface area (Å²) in [6.07, 6.45) is 0.0896. The summed E-state index contributed by atoms with van der Waals surface area (Å²) in [6.45, 7) is 3.82. The molecule has 1 heterocycles. The molecule has 2 aromatic rings. The normalized spacial score (nSPS) is 16.3. The smallest absolute Gasteiger partial charge is 0.311 e. The lowest BCUT2D eigenvalue weighted by Gasteiger charge is -2.16. The van der Waals surface area contributed by atoms with Gasteiger partial charge in [0.05, 0.1) is 5.92 Å². The molecule has 6 nitrogen and oxygen atoms in total. The van der Waals surface area contributed by atoms with Gasteiger partial charge in [-0.2, -0.15) is 0 Å². The van der Waals surface area contributed by atoms with Gasteiger partial charge in [0.25, 0.3) is 5.91 Å². The number of esters is 1. The zero-order valence-electron chi connectivity index (χ0n) is 15.4. The number of hydrogen-bond donors (Lipinski definition) is 1. The van der Waals surface area contributed by atoms with E-state index in [0.29, 0.717) is 5.69 Å². The minimum absolute atomic E-state index is 0.0896. The molecule has 0 saturated carbocycles. The van der Waals surface area contributed by atoms with Crippen molar-refractivity contribution in [3.8, 4) is 0 Å². The monoisotopic (exact) mass is 366 g/mol. The Morgan fingerprint density at radius 1 is 1.04 bits per heavy atom. The second-order valence-electron chi connectivity index (χ2n) is 6.76. The molecule has 0 radical (unpaired) electrons. The van der Waals surface area contributed by atoms with E-state index >= 15 is 0 Å². The quantitative estimate of drug-likeness (QED) is 0.826. The molecule has 6 heteroatoms. The molecule has 2 aromatic carbocycles. The molecule has 0 spiro atoms. The van der Waals surface area contributed by atoms with Crippen LogP contribution in [0.1, 0.15) is 17.5 Å². The molecule has 0 aromatic heterocycles. The molecule has 1 N–H and O–H groups in total. The summed E-state index contributed by atoms with van der Waals surface area (Å²) >= 11 is 0. The van der Waals surface area contributed by atoms with Crippen LogP contribution in [0.2, 0.25) is 0 Å². The first-order valence-electron chi connectivity index (χ1n) is 8.82. The molecule has 140 valence electrons. The Morgan fingerprint density at radius 2 is 1.63 bits per heavy atom. The van der Waals surface area contributed by atoms with E-state index in [2.05, 4.69) is 5.32 Å². The van der Waals surface area contributed by atoms with Crippen LogP contribution in [0.4, 0.5) is 11.4 Å². The first-order valence-corrected chi connectivity index (χ1v) is 8.82. The molecule has 1 atom stereocenters. The Kier molecular flexibility index (Phi) is 5.54. The maximum Gasteiger partial charge on any atom is 0.311 e. The molecule has 3 rings (SSSR count). The highest BCUT2D eigenvalue weighted by atomic mass is 16.5. The van der Waals surface area contributed by atoms with E-state index in [-0.39, 0.29) is 25.5 Å². The molecule has 0 bridgehead atoms. The highest BCUT2D eigenvalue weighted by Gasteiger charge is 2.36. The zero-order valence-corrected chi connectivity index (χ0v) is 15.4. The van der Waals surface area contributed by atoms with Gasteiger partial charge in [-0.05, 0) is 38.1 Å². The molecule has 0 unspecified atom stereocenters. The van der Waals surface area contributed by atoms with E-state index in [9.17, 15) is 14.4 Å². The molecule has 27 heavy (non-hydrogen) atoms. The summed E-state index contributed by atoms with van der Waals surface area (Å²) in [5.74, 6) is -1.63. The van der Waals surface area contributed by atoms with Gasteiger partial charge in [-0.25, -0.2) is 0 Å². The topological polar surface area (TPSA) is 75.7 Å². The van der Waals surface area contributed by atoms with Crippen LogP contribution < -0.4 is 10.2 Å². The van der Waals surface area contributed by atoms with Crippen molar-refractivity contribution < 1.29 is 19.1 Å². The standard InChI is InChI=1S/C21H22N2O4/c1-14-3-7-17(8-4-14)22-19(24)13-27-21(26)16-11-20(25)23(12-16)18-9-5-15(2)6-10-18/h3-10,16H,11-13H2,1-2H3,(H,22,24)/t16-/m1/s1. The lowest BCUT2D eigenvalue weighted by Crippen LogP contribution is -2.28. The number of nitrogens with one attached hydrogen (secondary N) is 1. The average molecular weight is 366 g/mol. The lowest BCUT2D eigenvalue weighted by molar-refractivity contribution is -0.151. The van der Waals surface area contributed by atoms with Gasteiger partial charge in [-0.3, -0.25) is 14.4 Å². The van der Waals surface area contributed by atoms with E-state index in [1.165, 1.54) is 0 Å². The third kappa shape index (κ3) is 4.73. The molecule has 2 amide bonds. The van der Waals surface area contributed by atoms with Crippen molar-refractivity contribution in [1.82, 2.24) is 0 Å². The average Bonchev–Trinajstić information content (AvgIpc) is 3.04. The maximum absolute atomic E-state index is 12.2. The van der Waals surface area contributed by atoms with Crippen LogP contribution in [0.15, 0.2) is 48.5 Å². The summed E-state index contributed by atoms with van der Waals surface area (Å²) in [7, 11) is 0. The fraction of sp³-hybridized carbons (Fsp3) is 0.286. The second-order valence-corrected chi connectivity index (χ2v) is 6.76. The van der Waals surface area contributed by atoms with Gasteiger partial charge in [0, 0.05) is 24.3 Å². The number of aryl methyl sites for hydroxylation is 2. The number of rotatable bonds is 5. The van der Waals surface area contributed by atoms with Crippen molar-refractivity contribution >= 4 is 29.2 Å². The van der Waals surface area contributed by atoms with Crippen LogP contribution in [0.5, 0.6) is 0 Å².